The minimum absolute atomic E-state index is 0.320. The number of carbonyl (C=O) groups excluding carboxylic acids is 1. The average Bonchev–Trinajstić information content (AvgIpc) is 3.26. The summed E-state index contributed by atoms with van der Waals surface area (Å²) in [5.74, 6) is 0.567. The monoisotopic (exact) mass is 402 g/mol. The van der Waals surface area contributed by atoms with Crippen LogP contribution in [0.4, 0.5) is 23.8 Å². The number of ether oxygens (including phenoxy) is 1. The average molecular weight is 402 g/mol. The van der Waals surface area contributed by atoms with Crippen molar-refractivity contribution in [3.05, 3.63) is 54.9 Å². The van der Waals surface area contributed by atoms with Crippen molar-refractivity contribution < 1.29 is 22.7 Å². The topological polar surface area (TPSA) is 111 Å². The number of nitrogens with two attached hydrogens (primary N) is 1. The second kappa shape index (κ2) is 6.86. The van der Waals surface area contributed by atoms with E-state index in [1.165, 1.54) is 35.3 Å². The third-order valence-corrected chi connectivity index (χ3v) is 3.96. The summed E-state index contributed by atoms with van der Waals surface area (Å²) in [5, 5.41) is 7.64. The summed E-state index contributed by atoms with van der Waals surface area (Å²) in [4.78, 5) is 18.2. The zero-order valence-corrected chi connectivity index (χ0v) is 14.6. The molecule has 11 heteroatoms. The number of rotatable bonds is 4. The first kappa shape index (κ1) is 18.3. The second-order valence-electron chi connectivity index (χ2n) is 6.03. The third-order valence-electron chi connectivity index (χ3n) is 3.96. The van der Waals surface area contributed by atoms with E-state index in [2.05, 4.69) is 25.1 Å². The normalized spacial score (nSPS) is 11.6. The summed E-state index contributed by atoms with van der Waals surface area (Å²) in [5.41, 5.74) is 7.14. The lowest BCUT2D eigenvalue weighted by Gasteiger charge is -2.09. The molecule has 8 nitrogen and oxygen atoms in total. The van der Waals surface area contributed by atoms with Crippen LogP contribution in [0.1, 0.15) is 0 Å². The second-order valence-corrected chi connectivity index (χ2v) is 6.03. The van der Waals surface area contributed by atoms with Gasteiger partial charge in [0.25, 0.3) is 0 Å². The Kier molecular flexibility index (Phi) is 4.34. The number of hydrogen-bond donors (Lipinski definition) is 3. The molecule has 0 aliphatic carbocycles. The Bertz CT molecular complexity index is 1180. The van der Waals surface area contributed by atoms with E-state index in [0.717, 1.165) is 16.5 Å². The van der Waals surface area contributed by atoms with E-state index in [-0.39, 0.29) is 5.75 Å². The highest BCUT2D eigenvalue weighted by Gasteiger charge is 2.31. The Hall–Kier alpha value is -4.02. The fourth-order valence-corrected chi connectivity index (χ4v) is 2.79. The molecule has 0 saturated carbocycles. The summed E-state index contributed by atoms with van der Waals surface area (Å²) < 4.78 is 42.0. The lowest BCUT2D eigenvalue weighted by atomic mass is 10.1. The maximum absolute atomic E-state index is 12.3. The summed E-state index contributed by atoms with van der Waals surface area (Å²) in [6.07, 6.45) is -3.29. The van der Waals surface area contributed by atoms with Gasteiger partial charge in [-0.3, -0.25) is 5.32 Å². The lowest BCUT2D eigenvalue weighted by molar-refractivity contribution is -0.274. The minimum atomic E-state index is -4.74. The van der Waals surface area contributed by atoms with Crippen LogP contribution >= 0.6 is 0 Å². The molecule has 148 valence electrons. The van der Waals surface area contributed by atoms with Gasteiger partial charge >= 0.3 is 12.4 Å². The van der Waals surface area contributed by atoms with E-state index in [9.17, 15) is 18.0 Å². The molecule has 0 aliphatic rings. The first-order chi connectivity index (χ1) is 13.8. The van der Waals surface area contributed by atoms with Crippen molar-refractivity contribution in [2.75, 3.05) is 5.32 Å². The first-order valence-corrected chi connectivity index (χ1v) is 8.24. The molecule has 0 bridgehead atoms. The number of primary amides is 1. The number of urea groups is 1. The standard InChI is InChI=1S/C18H13F3N6O2/c19-18(20,21)29-13-4-2-12(3-5-13)27-9-23-16(26-27)10-1-6-14-11(7-10)8-15(24-14)25-17(22)28/h1-9,24H,(H3,22,25,28). The molecule has 4 N–H and O–H groups in total. The molecule has 4 rings (SSSR count). The number of carbonyl (C=O) groups is 1. The van der Waals surface area contributed by atoms with Crippen LogP contribution in [0.15, 0.2) is 54.9 Å². The van der Waals surface area contributed by atoms with Gasteiger partial charge in [0.2, 0.25) is 0 Å². The molecular formula is C18H13F3N6O2. The van der Waals surface area contributed by atoms with Crippen molar-refractivity contribution in [2.24, 2.45) is 5.73 Å². The summed E-state index contributed by atoms with van der Waals surface area (Å²) in [7, 11) is 0. The number of fused-ring (bicyclic) bond motifs is 1. The first-order valence-electron chi connectivity index (χ1n) is 8.24. The van der Waals surface area contributed by atoms with Gasteiger partial charge in [-0.25, -0.2) is 14.5 Å². The van der Waals surface area contributed by atoms with Gasteiger partial charge in [-0.05, 0) is 48.5 Å². The Morgan fingerprint density at radius 2 is 1.90 bits per heavy atom. The lowest BCUT2D eigenvalue weighted by Crippen LogP contribution is -2.19. The number of nitrogens with zero attached hydrogens (tertiary/aromatic N) is 3. The summed E-state index contributed by atoms with van der Waals surface area (Å²) in [6.45, 7) is 0. The Morgan fingerprint density at radius 3 is 2.59 bits per heavy atom. The highest BCUT2D eigenvalue weighted by atomic mass is 19.4. The summed E-state index contributed by atoms with van der Waals surface area (Å²) in [6, 6.07) is 11.8. The number of nitrogens with one attached hydrogen (secondary N) is 2. The number of amides is 2. The Labute approximate surface area is 161 Å². The van der Waals surface area contributed by atoms with Crippen molar-refractivity contribution in [1.82, 2.24) is 19.7 Å². The zero-order valence-electron chi connectivity index (χ0n) is 14.6. The number of benzene rings is 2. The van der Waals surface area contributed by atoms with Gasteiger partial charge in [-0.2, -0.15) is 0 Å². The van der Waals surface area contributed by atoms with Crippen LogP contribution in [0, 0.1) is 0 Å². The maximum atomic E-state index is 12.3. The molecule has 0 spiro atoms. The molecule has 2 heterocycles. The minimum Gasteiger partial charge on any atom is -0.406 e. The third kappa shape index (κ3) is 4.13. The van der Waals surface area contributed by atoms with Crippen LogP contribution in [0.2, 0.25) is 0 Å². The molecule has 4 aromatic rings. The van der Waals surface area contributed by atoms with Crippen molar-refractivity contribution in [2.45, 2.75) is 6.36 Å². The van der Waals surface area contributed by atoms with Gasteiger partial charge in [0, 0.05) is 16.5 Å². The molecule has 0 saturated heterocycles. The Balaban J connectivity index is 1.57. The molecule has 0 radical (unpaired) electrons. The molecular weight excluding hydrogens is 389 g/mol. The van der Waals surface area contributed by atoms with Gasteiger partial charge in [0.1, 0.15) is 17.9 Å². The van der Waals surface area contributed by atoms with Crippen LogP contribution < -0.4 is 15.8 Å². The van der Waals surface area contributed by atoms with Crippen molar-refractivity contribution in [3.8, 4) is 22.8 Å². The smallest absolute Gasteiger partial charge is 0.406 e. The van der Waals surface area contributed by atoms with E-state index in [0.29, 0.717) is 17.3 Å². The number of alkyl halides is 3. The van der Waals surface area contributed by atoms with Crippen molar-refractivity contribution >= 4 is 22.8 Å². The van der Waals surface area contributed by atoms with Crippen LogP contribution in [0.25, 0.3) is 28.0 Å². The van der Waals surface area contributed by atoms with E-state index in [1.54, 1.807) is 18.2 Å². The van der Waals surface area contributed by atoms with Crippen molar-refractivity contribution in [1.29, 1.82) is 0 Å². The van der Waals surface area contributed by atoms with Crippen molar-refractivity contribution in [3.63, 3.8) is 0 Å². The Morgan fingerprint density at radius 1 is 1.14 bits per heavy atom. The molecule has 0 unspecified atom stereocenters. The highest BCUT2D eigenvalue weighted by Crippen LogP contribution is 2.26. The van der Waals surface area contributed by atoms with Gasteiger partial charge in [0.15, 0.2) is 5.82 Å². The quantitative estimate of drug-likeness (QED) is 0.482. The van der Waals surface area contributed by atoms with E-state index < -0.39 is 12.4 Å². The van der Waals surface area contributed by atoms with Gasteiger partial charge < -0.3 is 15.5 Å². The molecule has 2 amide bonds. The predicted octanol–water partition coefficient (Wildman–Crippen LogP) is 3.80. The molecule has 0 aliphatic heterocycles. The molecule has 2 aromatic carbocycles. The largest absolute Gasteiger partial charge is 0.573 e. The molecule has 29 heavy (non-hydrogen) atoms. The number of anilines is 1. The zero-order chi connectivity index (χ0) is 20.6. The van der Waals surface area contributed by atoms with Crippen LogP contribution in [0.3, 0.4) is 0 Å². The van der Waals surface area contributed by atoms with Crippen LogP contribution in [-0.4, -0.2) is 32.1 Å². The number of aromatic amines is 1. The molecule has 0 atom stereocenters. The number of hydrogen-bond acceptors (Lipinski definition) is 4. The fourth-order valence-electron chi connectivity index (χ4n) is 2.79. The number of aromatic nitrogens is 4. The van der Waals surface area contributed by atoms with E-state index in [4.69, 9.17) is 5.73 Å². The highest BCUT2D eigenvalue weighted by molar-refractivity contribution is 5.93. The van der Waals surface area contributed by atoms with Gasteiger partial charge in [0.05, 0.1) is 5.69 Å². The van der Waals surface area contributed by atoms with E-state index >= 15 is 0 Å². The van der Waals surface area contributed by atoms with Crippen LogP contribution in [0.5, 0.6) is 5.75 Å². The predicted molar refractivity (Wildman–Crippen MR) is 98.5 cm³/mol. The maximum Gasteiger partial charge on any atom is 0.573 e. The van der Waals surface area contributed by atoms with Gasteiger partial charge in [-0.15, -0.1) is 18.3 Å². The number of halogens is 3. The fraction of sp³-hybridized carbons (Fsp3) is 0.0556. The summed E-state index contributed by atoms with van der Waals surface area (Å²) >= 11 is 0. The molecule has 0 fully saturated rings. The number of H-pyrrole nitrogens is 1. The molecule has 2 aromatic heterocycles. The van der Waals surface area contributed by atoms with Crippen LogP contribution in [-0.2, 0) is 0 Å². The van der Waals surface area contributed by atoms with Gasteiger partial charge in [-0.1, -0.05) is 0 Å². The van der Waals surface area contributed by atoms with E-state index in [1.807, 2.05) is 6.07 Å². The SMILES string of the molecule is NC(=O)Nc1cc2cc(-c3ncn(-c4ccc(OC(F)(F)F)cc4)n3)ccc2[nH]1.